The van der Waals surface area contributed by atoms with Crippen LogP contribution in [-0.4, -0.2) is 11.2 Å². The first kappa shape index (κ1) is 15.2. The highest BCUT2D eigenvalue weighted by molar-refractivity contribution is 9.09. The third-order valence-electron chi connectivity index (χ3n) is 2.92. The van der Waals surface area contributed by atoms with Crippen LogP contribution in [0.5, 0.6) is 0 Å². The van der Waals surface area contributed by atoms with Crippen LogP contribution in [0.2, 0.25) is 0 Å². The van der Waals surface area contributed by atoms with Gasteiger partial charge in [-0.25, -0.2) is 0 Å². The van der Waals surface area contributed by atoms with Gasteiger partial charge in [0.2, 0.25) is 5.91 Å². The van der Waals surface area contributed by atoms with E-state index in [0.717, 1.165) is 23.7 Å². The summed E-state index contributed by atoms with van der Waals surface area (Å²) in [6.07, 6.45) is 2.62. The fourth-order valence-electron chi connectivity index (χ4n) is 1.69. The van der Waals surface area contributed by atoms with Crippen LogP contribution in [0.3, 0.4) is 0 Å². The SMILES string of the molecule is CC(C)c1ccc(CNC(=O)CCCCBr)cc1. The molecule has 1 amide bonds. The van der Waals surface area contributed by atoms with Crippen molar-refractivity contribution >= 4 is 21.8 Å². The van der Waals surface area contributed by atoms with Crippen molar-refractivity contribution in [2.24, 2.45) is 0 Å². The largest absolute Gasteiger partial charge is 0.352 e. The molecule has 2 nitrogen and oxygen atoms in total. The molecule has 0 saturated heterocycles. The molecule has 18 heavy (non-hydrogen) atoms. The minimum atomic E-state index is 0.142. The quantitative estimate of drug-likeness (QED) is 0.598. The van der Waals surface area contributed by atoms with Gasteiger partial charge in [-0.1, -0.05) is 54.0 Å². The first-order chi connectivity index (χ1) is 8.63. The molecule has 0 aromatic heterocycles. The van der Waals surface area contributed by atoms with Gasteiger partial charge in [0.1, 0.15) is 0 Å². The van der Waals surface area contributed by atoms with E-state index in [2.05, 4.69) is 59.4 Å². The summed E-state index contributed by atoms with van der Waals surface area (Å²) in [6.45, 7) is 4.99. The molecule has 0 atom stereocenters. The van der Waals surface area contributed by atoms with Crippen LogP contribution in [0.25, 0.3) is 0 Å². The maximum Gasteiger partial charge on any atom is 0.220 e. The predicted octanol–water partition coefficient (Wildman–Crippen LogP) is 3.99. The summed E-state index contributed by atoms with van der Waals surface area (Å²) in [6, 6.07) is 8.45. The topological polar surface area (TPSA) is 29.1 Å². The lowest BCUT2D eigenvalue weighted by Gasteiger charge is -2.08. The van der Waals surface area contributed by atoms with Crippen molar-refractivity contribution in [3.8, 4) is 0 Å². The van der Waals surface area contributed by atoms with Crippen molar-refractivity contribution in [2.45, 2.75) is 45.6 Å². The van der Waals surface area contributed by atoms with E-state index in [4.69, 9.17) is 0 Å². The van der Waals surface area contributed by atoms with Crippen molar-refractivity contribution in [3.63, 3.8) is 0 Å². The number of hydrogen-bond donors (Lipinski definition) is 1. The number of rotatable bonds is 7. The van der Waals surface area contributed by atoms with Gasteiger partial charge in [-0.2, -0.15) is 0 Å². The van der Waals surface area contributed by atoms with E-state index in [-0.39, 0.29) is 5.91 Å². The molecule has 1 rings (SSSR count). The molecule has 0 saturated carbocycles. The van der Waals surface area contributed by atoms with Gasteiger partial charge < -0.3 is 5.32 Å². The Morgan fingerprint density at radius 1 is 1.22 bits per heavy atom. The number of halogens is 1. The molecule has 0 spiro atoms. The Hall–Kier alpha value is -0.830. The lowest BCUT2D eigenvalue weighted by Crippen LogP contribution is -2.22. The van der Waals surface area contributed by atoms with E-state index in [0.29, 0.717) is 18.9 Å². The zero-order chi connectivity index (χ0) is 13.4. The van der Waals surface area contributed by atoms with Crippen LogP contribution in [0.15, 0.2) is 24.3 Å². The van der Waals surface area contributed by atoms with Crippen molar-refractivity contribution in [1.29, 1.82) is 0 Å². The summed E-state index contributed by atoms with van der Waals surface area (Å²) in [5, 5.41) is 3.92. The Labute approximate surface area is 118 Å². The number of amides is 1. The molecule has 0 fully saturated rings. The van der Waals surface area contributed by atoms with E-state index in [9.17, 15) is 4.79 Å². The normalized spacial score (nSPS) is 10.7. The van der Waals surface area contributed by atoms with E-state index in [1.807, 2.05) is 0 Å². The molecule has 1 aromatic carbocycles. The number of hydrogen-bond acceptors (Lipinski definition) is 1. The molecule has 0 heterocycles. The average Bonchev–Trinajstić information content (AvgIpc) is 2.37. The molecule has 0 aliphatic rings. The molecule has 0 radical (unpaired) electrons. The lowest BCUT2D eigenvalue weighted by molar-refractivity contribution is -0.121. The number of unbranched alkanes of at least 4 members (excludes halogenated alkanes) is 1. The highest BCUT2D eigenvalue weighted by Gasteiger charge is 2.02. The van der Waals surface area contributed by atoms with Gasteiger partial charge in [-0.05, 0) is 29.9 Å². The highest BCUT2D eigenvalue weighted by atomic mass is 79.9. The molecule has 0 aliphatic heterocycles. The maximum atomic E-state index is 11.5. The molecule has 0 unspecified atom stereocenters. The highest BCUT2D eigenvalue weighted by Crippen LogP contribution is 2.14. The van der Waals surface area contributed by atoms with Gasteiger partial charge >= 0.3 is 0 Å². The Balaban J connectivity index is 2.32. The average molecular weight is 312 g/mol. The Kier molecular flexibility index (Phi) is 7.02. The number of carbonyl (C=O) groups excluding carboxylic acids is 1. The molecule has 3 heteroatoms. The monoisotopic (exact) mass is 311 g/mol. The fraction of sp³-hybridized carbons (Fsp3) is 0.533. The molecule has 0 bridgehead atoms. The van der Waals surface area contributed by atoms with E-state index in [1.54, 1.807) is 0 Å². The second-order valence-corrected chi connectivity index (χ2v) is 5.61. The van der Waals surface area contributed by atoms with E-state index >= 15 is 0 Å². The smallest absolute Gasteiger partial charge is 0.220 e. The maximum absolute atomic E-state index is 11.5. The summed E-state index contributed by atoms with van der Waals surface area (Å²) in [4.78, 5) is 11.5. The van der Waals surface area contributed by atoms with Crippen LogP contribution in [-0.2, 0) is 11.3 Å². The van der Waals surface area contributed by atoms with Crippen LogP contribution >= 0.6 is 15.9 Å². The van der Waals surface area contributed by atoms with Gasteiger partial charge in [-0.3, -0.25) is 4.79 Å². The molecule has 100 valence electrons. The number of alkyl halides is 1. The van der Waals surface area contributed by atoms with Crippen LogP contribution in [0.4, 0.5) is 0 Å². The summed E-state index contributed by atoms with van der Waals surface area (Å²) >= 11 is 3.36. The zero-order valence-corrected chi connectivity index (χ0v) is 12.8. The molecule has 0 aliphatic carbocycles. The van der Waals surface area contributed by atoms with Crippen LogP contribution in [0.1, 0.15) is 50.2 Å². The Bertz CT molecular complexity index is 359. The van der Waals surface area contributed by atoms with E-state index < -0.39 is 0 Å². The fourth-order valence-corrected chi connectivity index (χ4v) is 2.09. The van der Waals surface area contributed by atoms with Crippen molar-refractivity contribution in [1.82, 2.24) is 5.32 Å². The molecular weight excluding hydrogens is 290 g/mol. The second kappa shape index (κ2) is 8.30. The number of benzene rings is 1. The van der Waals surface area contributed by atoms with Crippen molar-refractivity contribution in [3.05, 3.63) is 35.4 Å². The number of nitrogens with one attached hydrogen (secondary N) is 1. The first-order valence-electron chi connectivity index (χ1n) is 6.55. The molecular formula is C15H22BrNO. The number of carbonyl (C=O) groups is 1. The van der Waals surface area contributed by atoms with Gasteiger partial charge in [-0.15, -0.1) is 0 Å². The predicted molar refractivity (Wildman–Crippen MR) is 80.0 cm³/mol. The van der Waals surface area contributed by atoms with Crippen LogP contribution < -0.4 is 5.32 Å². The summed E-state index contributed by atoms with van der Waals surface area (Å²) in [5.74, 6) is 0.696. The minimum absolute atomic E-state index is 0.142. The third-order valence-corrected chi connectivity index (χ3v) is 3.48. The molecule has 1 N–H and O–H groups in total. The second-order valence-electron chi connectivity index (χ2n) is 4.82. The third kappa shape index (κ3) is 5.67. The molecule has 1 aromatic rings. The zero-order valence-electron chi connectivity index (χ0n) is 11.2. The Morgan fingerprint density at radius 3 is 2.44 bits per heavy atom. The Morgan fingerprint density at radius 2 is 1.89 bits per heavy atom. The lowest BCUT2D eigenvalue weighted by atomic mass is 10.0. The van der Waals surface area contributed by atoms with Gasteiger partial charge in [0, 0.05) is 18.3 Å². The van der Waals surface area contributed by atoms with Crippen molar-refractivity contribution in [2.75, 3.05) is 5.33 Å². The minimum Gasteiger partial charge on any atom is -0.352 e. The summed E-state index contributed by atoms with van der Waals surface area (Å²) < 4.78 is 0. The standard InChI is InChI=1S/C15H22BrNO/c1-12(2)14-8-6-13(7-9-14)11-17-15(18)5-3-4-10-16/h6-9,12H,3-5,10-11H2,1-2H3,(H,17,18). The van der Waals surface area contributed by atoms with Gasteiger partial charge in [0.25, 0.3) is 0 Å². The summed E-state index contributed by atoms with van der Waals surface area (Å²) in [5.41, 5.74) is 2.50. The van der Waals surface area contributed by atoms with Crippen LogP contribution in [0, 0.1) is 0 Å². The summed E-state index contributed by atoms with van der Waals surface area (Å²) in [7, 11) is 0. The van der Waals surface area contributed by atoms with Gasteiger partial charge in [0.15, 0.2) is 0 Å². The van der Waals surface area contributed by atoms with Gasteiger partial charge in [0.05, 0.1) is 0 Å². The first-order valence-corrected chi connectivity index (χ1v) is 7.67. The van der Waals surface area contributed by atoms with E-state index in [1.165, 1.54) is 5.56 Å². The van der Waals surface area contributed by atoms with Crippen molar-refractivity contribution < 1.29 is 4.79 Å².